The second-order valence-electron chi connectivity index (χ2n) is 6.26. The normalized spacial score (nSPS) is 10.8. The summed E-state index contributed by atoms with van der Waals surface area (Å²) in [5, 5.41) is 2.82. The Morgan fingerprint density at radius 1 is 1.11 bits per heavy atom. The van der Waals surface area contributed by atoms with Crippen LogP contribution in [-0.2, 0) is 9.59 Å². The van der Waals surface area contributed by atoms with E-state index in [1.807, 2.05) is 24.3 Å². The maximum atomic E-state index is 12.1. The summed E-state index contributed by atoms with van der Waals surface area (Å²) in [6.07, 6.45) is 3.10. The van der Waals surface area contributed by atoms with Crippen LogP contribution < -0.4 is 20.5 Å². The van der Waals surface area contributed by atoms with Crippen molar-refractivity contribution in [3.8, 4) is 11.5 Å². The van der Waals surface area contributed by atoms with Crippen molar-refractivity contribution >= 4 is 23.6 Å². The first-order valence-corrected chi connectivity index (χ1v) is 8.57. The number of nitrogens with one attached hydrogen (secondary N) is 1. The zero-order chi connectivity index (χ0) is 19.8. The van der Waals surface area contributed by atoms with Gasteiger partial charge in [0.2, 0.25) is 5.91 Å². The Morgan fingerprint density at radius 3 is 2.41 bits per heavy atom. The summed E-state index contributed by atoms with van der Waals surface area (Å²) in [5.41, 5.74) is 7.78. The van der Waals surface area contributed by atoms with Crippen LogP contribution in [0.3, 0.4) is 0 Å². The molecule has 0 aliphatic carbocycles. The molecule has 27 heavy (non-hydrogen) atoms. The van der Waals surface area contributed by atoms with Gasteiger partial charge >= 0.3 is 0 Å². The van der Waals surface area contributed by atoms with Crippen LogP contribution in [0.4, 0.5) is 5.69 Å². The van der Waals surface area contributed by atoms with Gasteiger partial charge in [-0.15, -0.1) is 0 Å². The Balaban J connectivity index is 2.01. The zero-order valence-corrected chi connectivity index (χ0v) is 15.7. The second-order valence-corrected chi connectivity index (χ2v) is 6.26. The topological polar surface area (TPSA) is 90.7 Å². The van der Waals surface area contributed by atoms with E-state index in [1.54, 1.807) is 24.3 Å². The molecule has 0 aromatic heterocycles. The highest BCUT2D eigenvalue weighted by atomic mass is 16.5. The highest BCUT2D eigenvalue weighted by Gasteiger charge is 2.07. The van der Waals surface area contributed by atoms with Gasteiger partial charge in [-0.1, -0.05) is 32.0 Å². The molecule has 2 rings (SSSR count). The second kappa shape index (κ2) is 9.43. The number of hydrogen-bond donors (Lipinski definition) is 2. The lowest BCUT2D eigenvalue weighted by atomic mass is 10.0. The molecule has 0 unspecified atom stereocenters. The van der Waals surface area contributed by atoms with Gasteiger partial charge in [-0.3, -0.25) is 9.59 Å². The zero-order valence-electron chi connectivity index (χ0n) is 15.7. The van der Waals surface area contributed by atoms with Crippen LogP contribution in [0.15, 0.2) is 48.5 Å². The first-order chi connectivity index (χ1) is 12.9. The van der Waals surface area contributed by atoms with Gasteiger partial charge in [0, 0.05) is 11.8 Å². The van der Waals surface area contributed by atoms with E-state index in [1.165, 1.54) is 18.7 Å². The third-order valence-electron chi connectivity index (χ3n) is 3.83. The van der Waals surface area contributed by atoms with Gasteiger partial charge in [-0.05, 0) is 47.4 Å². The molecule has 142 valence electrons. The molecule has 0 radical (unpaired) electrons. The molecule has 0 spiro atoms. The predicted molar refractivity (Wildman–Crippen MR) is 106 cm³/mol. The standard InChI is InChI=1S/C21H24N2O4/c1-14(2)16-6-8-17(9-7-16)23-21(25)11-5-15-4-10-18(19(12-15)26-3)27-13-20(22)24/h4-12,14H,13H2,1-3H3,(H2,22,24)(H,23,25)/b11-5+. The van der Waals surface area contributed by atoms with Crippen molar-refractivity contribution in [2.75, 3.05) is 19.0 Å². The molecular formula is C21H24N2O4. The van der Waals surface area contributed by atoms with Crippen molar-refractivity contribution in [2.45, 2.75) is 19.8 Å². The molecule has 0 aliphatic rings. The van der Waals surface area contributed by atoms with E-state index in [0.717, 1.165) is 11.3 Å². The molecule has 0 fully saturated rings. The number of hydrogen-bond acceptors (Lipinski definition) is 4. The Labute approximate surface area is 159 Å². The smallest absolute Gasteiger partial charge is 0.255 e. The Hall–Kier alpha value is -3.28. The van der Waals surface area contributed by atoms with Crippen molar-refractivity contribution in [3.05, 3.63) is 59.7 Å². The minimum Gasteiger partial charge on any atom is -0.493 e. The molecule has 0 bridgehead atoms. The maximum Gasteiger partial charge on any atom is 0.255 e. The highest BCUT2D eigenvalue weighted by Crippen LogP contribution is 2.28. The summed E-state index contributed by atoms with van der Waals surface area (Å²) >= 11 is 0. The molecule has 6 nitrogen and oxygen atoms in total. The molecule has 2 aromatic carbocycles. The van der Waals surface area contributed by atoms with Crippen LogP contribution >= 0.6 is 0 Å². The molecular weight excluding hydrogens is 344 g/mol. The molecule has 6 heteroatoms. The third-order valence-corrected chi connectivity index (χ3v) is 3.83. The predicted octanol–water partition coefficient (Wildman–Crippen LogP) is 3.33. The first kappa shape index (κ1) is 20.0. The number of carbonyl (C=O) groups is 2. The quantitative estimate of drug-likeness (QED) is 0.699. The van der Waals surface area contributed by atoms with E-state index in [4.69, 9.17) is 15.2 Å². The van der Waals surface area contributed by atoms with Crippen molar-refractivity contribution in [1.82, 2.24) is 0 Å². The Kier molecular flexibility index (Phi) is 7.00. The van der Waals surface area contributed by atoms with E-state index in [9.17, 15) is 9.59 Å². The maximum absolute atomic E-state index is 12.1. The van der Waals surface area contributed by atoms with Gasteiger partial charge < -0.3 is 20.5 Å². The lowest BCUT2D eigenvalue weighted by Crippen LogP contribution is -2.20. The fourth-order valence-corrected chi connectivity index (χ4v) is 2.36. The number of primary amides is 1. The minimum atomic E-state index is -0.570. The van der Waals surface area contributed by atoms with Crippen LogP contribution in [-0.4, -0.2) is 25.5 Å². The highest BCUT2D eigenvalue weighted by molar-refractivity contribution is 6.01. The molecule has 2 aromatic rings. The molecule has 0 atom stereocenters. The third kappa shape index (κ3) is 6.18. The molecule has 0 saturated carbocycles. The summed E-state index contributed by atoms with van der Waals surface area (Å²) < 4.78 is 10.5. The van der Waals surface area contributed by atoms with E-state index >= 15 is 0 Å². The van der Waals surface area contributed by atoms with Gasteiger partial charge in [0.1, 0.15) is 0 Å². The summed E-state index contributed by atoms with van der Waals surface area (Å²) in [4.78, 5) is 22.9. The van der Waals surface area contributed by atoms with Crippen LogP contribution in [0.25, 0.3) is 6.08 Å². The minimum absolute atomic E-state index is 0.233. The molecule has 3 N–H and O–H groups in total. The number of carbonyl (C=O) groups excluding carboxylic acids is 2. The lowest BCUT2D eigenvalue weighted by molar-refractivity contribution is -0.120. The lowest BCUT2D eigenvalue weighted by Gasteiger charge is -2.10. The van der Waals surface area contributed by atoms with E-state index < -0.39 is 5.91 Å². The summed E-state index contributed by atoms with van der Waals surface area (Å²) in [6, 6.07) is 12.9. The Bertz CT molecular complexity index is 827. The number of ether oxygens (including phenoxy) is 2. The van der Waals surface area contributed by atoms with Gasteiger partial charge in [0.15, 0.2) is 18.1 Å². The van der Waals surface area contributed by atoms with E-state index in [2.05, 4.69) is 19.2 Å². The summed E-state index contributed by atoms with van der Waals surface area (Å²) in [7, 11) is 1.49. The molecule has 2 amide bonds. The van der Waals surface area contributed by atoms with Gasteiger partial charge in [-0.25, -0.2) is 0 Å². The Morgan fingerprint density at radius 2 is 1.81 bits per heavy atom. The van der Waals surface area contributed by atoms with Crippen molar-refractivity contribution in [3.63, 3.8) is 0 Å². The number of anilines is 1. The number of rotatable bonds is 8. The largest absolute Gasteiger partial charge is 0.493 e. The van der Waals surface area contributed by atoms with E-state index in [-0.39, 0.29) is 12.5 Å². The SMILES string of the molecule is COc1cc(/C=C/C(=O)Nc2ccc(C(C)C)cc2)ccc1OCC(N)=O. The summed E-state index contributed by atoms with van der Waals surface area (Å²) in [5.74, 6) is 0.491. The fourth-order valence-electron chi connectivity index (χ4n) is 2.36. The average Bonchev–Trinajstić information content (AvgIpc) is 2.65. The number of nitrogens with two attached hydrogens (primary N) is 1. The molecule has 0 aliphatic heterocycles. The number of benzene rings is 2. The van der Waals surface area contributed by atoms with Crippen molar-refractivity contribution in [1.29, 1.82) is 0 Å². The van der Waals surface area contributed by atoms with Crippen LogP contribution in [0.1, 0.15) is 30.9 Å². The first-order valence-electron chi connectivity index (χ1n) is 8.57. The van der Waals surface area contributed by atoms with Gasteiger partial charge in [0.25, 0.3) is 5.91 Å². The van der Waals surface area contributed by atoms with Crippen LogP contribution in [0, 0.1) is 0 Å². The van der Waals surface area contributed by atoms with E-state index in [0.29, 0.717) is 17.4 Å². The average molecular weight is 368 g/mol. The van der Waals surface area contributed by atoms with Crippen LogP contribution in [0.5, 0.6) is 11.5 Å². The van der Waals surface area contributed by atoms with Gasteiger partial charge in [-0.2, -0.15) is 0 Å². The monoisotopic (exact) mass is 368 g/mol. The molecule has 0 heterocycles. The van der Waals surface area contributed by atoms with Crippen molar-refractivity contribution < 1.29 is 19.1 Å². The summed E-state index contributed by atoms with van der Waals surface area (Å²) in [6.45, 7) is 4.01. The fraction of sp³-hybridized carbons (Fsp3) is 0.238. The van der Waals surface area contributed by atoms with Gasteiger partial charge in [0.05, 0.1) is 7.11 Å². The van der Waals surface area contributed by atoms with Crippen LogP contribution in [0.2, 0.25) is 0 Å². The van der Waals surface area contributed by atoms with Crippen molar-refractivity contribution in [2.24, 2.45) is 5.73 Å². The number of methoxy groups -OCH3 is 1. The molecule has 0 saturated heterocycles. The number of amides is 2.